The number of morpholine rings is 1. The Morgan fingerprint density at radius 1 is 1.16 bits per heavy atom. The zero-order valence-corrected chi connectivity index (χ0v) is 18.7. The van der Waals surface area contributed by atoms with Gasteiger partial charge in [-0.15, -0.1) is 22.7 Å². The van der Waals surface area contributed by atoms with Crippen molar-refractivity contribution < 1.29 is 14.3 Å². The lowest BCUT2D eigenvalue weighted by Crippen LogP contribution is -2.40. The highest BCUT2D eigenvalue weighted by Crippen LogP contribution is 2.38. The Labute approximate surface area is 186 Å². The summed E-state index contributed by atoms with van der Waals surface area (Å²) in [6.45, 7) is 6.01. The van der Waals surface area contributed by atoms with Crippen LogP contribution in [0.3, 0.4) is 0 Å². The van der Waals surface area contributed by atoms with Crippen LogP contribution in [0.25, 0.3) is 20.4 Å². The molecular formula is C22H20N4O3S2. The number of ether oxygens (including phenoxy) is 1. The Kier molecular flexibility index (Phi) is 5.17. The maximum Gasteiger partial charge on any atom is 0.266 e. The molecule has 1 aliphatic rings. The first kappa shape index (κ1) is 20.0. The molecule has 0 saturated carbocycles. The largest absolute Gasteiger partial charge is 0.378 e. The van der Waals surface area contributed by atoms with Gasteiger partial charge in [0.1, 0.15) is 9.71 Å². The van der Waals surface area contributed by atoms with Crippen molar-refractivity contribution in [2.24, 2.45) is 0 Å². The van der Waals surface area contributed by atoms with Gasteiger partial charge in [0.05, 0.1) is 34.6 Å². The van der Waals surface area contributed by atoms with Gasteiger partial charge in [-0.25, -0.2) is 9.97 Å². The summed E-state index contributed by atoms with van der Waals surface area (Å²) in [4.78, 5) is 38.4. The summed E-state index contributed by atoms with van der Waals surface area (Å²) < 4.78 is 6.33. The van der Waals surface area contributed by atoms with Crippen molar-refractivity contribution in [2.45, 2.75) is 13.8 Å². The van der Waals surface area contributed by atoms with Gasteiger partial charge in [0.25, 0.3) is 11.8 Å². The summed E-state index contributed by atoms with van der Waals surface area (Å²) in [6, 6.07) is 7.39. The number of rotatable bonds is 3. The number of thiophene rings is 1. The number of thiazole rings is 1. The maximum atomic E-state index is 13.3. The molecule has 0 aliphatic carbocycles. The first-order chi connectivity index (χ1) is 15.0. The summed E-state index contributed by atoms with van der Waals surface area (Å²) in [7, 11) is 0. The maximum absolute atomic E-state index is 13.3. The van der Waals surface area contributed by atoms with Crippen LogP contribution >= 0.6 is 22.7 Å². The summed E-state index contributed by atoms with van der Waals surface area (Å²) in [5.74, 6) is -0.359. The third-order valence-electron chi connectivity index (χ3n) is 5.31. The minimum Gasteiger partial charge on any atom is -0.378 e. The zero-order chi connectivity index (χ0) is 21.5. The highest BCUT2D eigenvalue weighted by molar-refractivity contribution is 7.21. The van der Waals surface area contributed by atoms with E-state index in [9.17, 15) is 9.59 Å². The van der Waals surface area contributed by atoms with Crippen LogP contribution in [0.2, 0.25) is 0 Å². The van der Waals surface area contributed by atoms with Gasteiger partial charge in [-0.1, -0.05) is 0 Å². The molecule has 7 nitrogen and oxygen atoms in total. The van der Waals surface area contributed by atoms with Crippen molar-refractivity contribution in [3.63, 3.8) is 0 Å². The van der Waals surface area contributed by atoms with Gasteiger partial charge < -0.3 is 15.0 Å². The second kappa shape index (κ2) is 7.99. The van der Waals surface area contributed by atoms with Crippen molar-refractivity contribution in [1.29, 1.82) is 0 Å². The van der Waals surface area contributed by atoms with Gasteiger partial charge in [0, 0.05) is 29.7 Å². The van der Waals surface area contributed by atoms with Crippen LogP contribution in [0, 0.1) is 13.8 Å². The van der Waals surface area contributed by atoms with Gasteiger partial charge in [0.2, 0.25) is 0 Å². The molecule has 2 amide bonds. The molecule has 4 aromatic rings. The molecule has 0 unspecified atom stereocenters. The molecule has 1 fully saturated rings. The molecule has 3 aromatic heterocycles. The molecule has 31 heavy (non-hydrogen) atoms. The van der Waals surface area contributed by atoms with E-state index in [0.717, 1.165) is 31.7 Å². The van der Waals surface area contributed by atoms with Crippen molar-refractivity contribution in [2.75, 3.05) is 31.6 Å². The van der Waals surface area contributed by atoms with Crippen molar-refractivity contribution in [1.82, 2.24) is 14.9 Å². The number of aryl methyl sites for hydroxylation is 2. The summed E-state index contributed by atoms with van der Waals surface area (Å²) in [5, 5.41) is 3.84. The van der Waals surface area contributed by atoms with Crippen LogP contribution < -0.4 is 5.32 Å². The number of aromatic nitrogens is 2. The van der Waals surface area contributed by atoms with E-state index >= 15 is 0 Å². The lowest BCUT2D eigenvalue weighted by atomic mass is 10.1. The number of carbonyl (C=O) groups excluding carboxylic acids is 2. The fourth-order valence-corrected chi connectivity index (χ4v) is 5.74. The highest BCUT2D eigenvalue weighted by Gasteiger charge is 2.27. The fraction of sp³-hybridized carbons (Fsp3) is 0.273. The Morgan fingerprint density at radius 3 is 2.77 bits per heavy atom. The Bertz CT molecular complexity index is 1320. The summed E-state index contributed by atoms with van der Waals surface area (Å²) in [6.07, 6.45) is 0. The molecule has 0 bridgehead atoms. The molecular weight excluding hydrogens is 432 g/mol. The number of hydrogen-bond acceptors (Lipinski definition) is 7. The van der Waals surface area contributed by atoms with E-state index in [1.54, 1.807) is 16.5 Å². The summed E-state index contributed by atoms with van der Waals surface area (Å²) in [5.41, 5.74) is 5.55. The van der Waals surface area contributed by atoms with Crippen molar-refractivity contribution in [3.8, 4) is 0 Å². The Morgan fingerprint density at radius 2 is 1.97 bits per heavy atom. The Balaban J connectivity index is 1.58. The van der Waals surface area contributed by atoms with Crippen LogP contribution in [-0.2, 0) is 4.74 Å². The van der Waals surface area contributed by atoms with Crippen LogP contribution in [0.5, 0.6) is 0 Å². The van der Waals surface area contributed by atoms with Gasteiger partial charge in [-0.05, 0) is 43.7 Å². The number of anilines is 1. The minimum absolute atomic E-state index is 0.100. The van der Waals surface area contributed by atoms with Gasteiger partial charge >= 0.3 is 0 Å². The average molecular weight is 453 g/mol. The molecule has 1 aliphatic heterocycles. The molecule has 158 valence electrons. The SMILES string of the molecule is Cc1cc(C)c2c(NC(=O)c3ccc4ncsc4c3)c(C(=O)N3CCOCC3)sc2n1. The van der Waals surface area contributed by atoms with E-state index in [1.807, 2.05) is 32.0 Å². The van der Waals surface area contributed by atoms with Gasteiger partial charge in [-0.2, -0.15) is 0 Å². The smallest absolute Gasteiger partial charge is 0.266 e. The molecule has 0 atom stereocenters. The van der Waals surface area contributed by atoms with E-state index < -0.39 is 0 Å². The normalized spacial score (nSPS) is 14.3. The molecule has 5 rings (SSSR count). The minimum atomic E-state index is -0.258. The lowest BCUT2D eigenvalue weighted by molar-refractivity contribution is 0.0307. The molecule has 4 heterocycles. The number of pyridine rings is 1. The highest BCUT2D eigenvalue weighted by atomic mass is 32.1. The molecule has 1 saturated heterocycles. The van der Waals surface area contributed by atoms with E-state index in [4.69, 9.17) is 4.74 Å². The van der Waals surface area contributed by atoms with Crippen molar-refractivity contribution >= 4 is 60.6 Å². The number of fused-ring (bicyclic) bond motifs is 2. The predicted molar refractivity (Wildman–Crippen MR) is 123 cm³/mol. The van der Waals surface area contributed by atoms with Crippen LogP contribution in [0.15, 0.2) is 29.8 Å². The number of nitrogens with zero attached hydrogens (tertiary/aromatic N) is 3. The van der Waals surface area contributed by atoms with E-state index in [1.165, 1.54) is 22.7 Å². The van der Waals surface area contributed by atoms with Crippen LogP contribution in [0.4, 0.5) is 5.69 Å². The van der Waals surface area contributed by atoms with Gasteiger partial charge in [0.15, 0.2) is 0 Å². The monoisotopic (exact) mass is 452 g/mol. The molecule has 1 N–H and O–H groups in total. The topological polar surface area (TPSA) is 84.4 Å². The molecule has 9 heteroatoms. The van der Waals surface area contributed by atoms with E-state index in [-0.39, 0.29) is 11.8 Å². The predicted octanol–water partition coefficient (Wildman–Crippen LogP) is 4.25. The van der Waals surface area contributed by atoms with Gasteiger partial charge in [-0.3, -0.25) is 9.59 Å². The standard InChI is InChI=1S/C22H20N4O3S2/c1-12-9-13(2)24-21-17(12)18(19(31-21)22(28)26-5-7-29-8-6-26)25-20(27)14-3-4-15-16(10-14)30-11-23-15/h3-4,9-11H,5-8H2,1-2H3,(H,25,27). The lowest BCUT2D eigenvalue weighted by Gasteiger charge is -2.26. The number of carbonyl (C=O) groups is 2. The molecule has 0 spiro atoms. The second-order valence-electron chi connectivity index (χ2n) is 7.46. The van der Waals surface area contributed by atoms with Crippen molar-refractivity contribution in [3.05, 3.63) is 51.5 Å². The zero-order valence-electron chi connectivity index (χ0n) is 17.1. The molecule has 1 aromatic carbocycles. The fourth-order valence-electron chi connectivity index (χ4n) is 3.80. The van der Waals surface area contributed by atoms with E-state index in [2.05, 4.69) is 15.3 Å². The third-order valence-corrected chi connectivity index (χ3v) is 7.18. The third kappa shape index (κ3) is 3.69. The molecule has 0 radical (unpaired) electrons. The number of amides is 2. The van der Waals surface area contributed by atoms with Crippen LogP contribution in [0.1, 0.15) is 31.3 Å². The number of nitrogens with one attached hydrogen (secondary N) is 1. The first-order valence-corrected chi connectivity index (χ1v) is 11.6. The van der Waals surface area contributed by atoms with E-state index in [0.29, 0.717) is 42.4 Å². The quantitative estimate of drug-likeness (QED) is 0.502. The van der Waals surface area contributed by atoms with Crippen LogP contribution in [-0.4, -0.2) is 53.0 Å². The second-order valence-corrected chi connectivity index (χ2v) is 9.35. The average Bonchev–Trinajstić information content (AvgIpc) is 3.38. The Hall–Kier alpha value is -2.88. The number of benzene rings is 1. The summed E-state index contributed by atoms with van der Waals surface area (Å²) >= 11 is 2.82. The first-order valence-electron chi connectivity index (χ1n) is 9.93. The number of hydrogen-bond donors (Lipinski definition) is 1.